The van der Waals surface area contributed by atoms with E-state index in [0.717, 1.165) is 96.3 Å². The molecule has 0 bridgehead atoms. The summed E-state index contributed by atoms with van der Waals surface area (Å²) in [6, 6.07) is 0. The molecule has 0 aliphatic carbocycles. The molecule has 0 aromatic rings. The molecule has 78 heavy (non-hydrogen) atoms. The number of carbonyl (C=O) groups excluding carboxylic acids is 2. The van der Waals surface area contributed by atoms with Crippen LogP contribution < -0.4 is 0 Å². The first-order valence-electron chi connectivity index (χ1n) is 31.6. The summed E-state index contributed by atoms with van der Waals surface area (Å²) in [7, 11) is 1.45. The maximum atomic E-state index is 12.8. The van der Waals surface area contributed by atoms with Crippen LogP contribution in [0.2, 0.25) is 0 Å². The Kier molecular flexibility index (Phi) is 55.8. The Balaban J connectivity index is 4.21. The Labute approximate surface area is 480 Å². The zero-order valence-corrected chi connectivity index (χ0v) is 51.8. The van der Waals surface area contributed by atoms with Gasteiger partial charge < -0.3 is 18.9 Å². The predicted molar refractivity (Wildman–Crippen MR) is 335 cm³/mol. The van der Waals surface area contributed by atoms with Crippen molar-refractivity contribution in [2.24, 2.45) is 0 Å². The summed E-state index contributed by atoms with van der Waals surface area (Å²) < 4.78 is 34.6. The average Bonchev–Trinajstić information content (AvgIpc) is 3.41. The minimum atomic E-state index is -4.40. The fraction of sp³-hybridized carbons (Fsp3) is 0.706. The highest BCUT2D eigenvalue weighted by molar-refractivity contribution is 7.47. The molecule has 2 atom stereocenters. The molecule has 448 valence electrons. The molecular weight excluding hydrogens is 990 g/mol. The number of esters is 2. The molecule has 10 heteroatoms. The van der Waals surface area contributed by atoms with Gasteiger partial charge in [-0.3, -0.25) is 18.6 Å². The van der Waals surface area contributed by atoms with Gasteiger partial charge in [-0.1, -0.05) is 252 Å². The van der Waals surface area contributed by atoms with Crippen LogP contribution in [0.3, 0.4) is 0 Å². The fourth-order valence-electron chi connectivity index (χ4n) is 8.44. The highest BCUT2D eigenvalue weighted by Gasteiger charge is 2.27. The lowest BCUT2D eigenvalue weighted by Crippen LogP contribution is -2.37. The molecule has 0 amide bonds. The van der Waals surface area contributed by atoms with Gasteiger partial charge in [0.25, 0.3) is 0 Å². The number of hydrogen-bond donors (Lipinski definition) is 1. The monoisotopic (exact) mass is 1110 g/mol. The van der Waals surface area contributed by atoms with Crippen LogP contribution in [0.4, 0.5) is 0 Å². The van der Waals surface area contributed by atoms with Gasteiger partial charge in [0.05, 0.1) is 27.7 Å². The van der Waals surface area contributed by atoms with Gasteiger partial charge in [0, 0.05) is 12.8 Å². The molecule has 0 aromatic carbocycles. The Morgan fingerprint density at radius 2 is 0.731 bits per heavy atom. The van der Waals surface area contributed by atoms with E-state index in [9.17, 15) is 19.0 Å². The lowest BCUT2D eigenvalue weighted by molar-refractivity contribution is -0.870. The molecule has 1 N–H and O–H groups in total. The van der Waals surface area contributed by atoms with Gasteiger partial charge in [-0.15, -0.1) is 0 Å². The first-order valence-corrected chi connectivity index (χ1v) is 33.1. The topological polar surface area (TPSA) is 108 Å². The van der Waals surface area contributed by atoms with Crippen molar-refractivity contribution in [2.75, 3.05) is 47.5 Å². The van der Waals surface area contributed by atoms with Gasteiger partial charge in [0.2, 0.25) is 0 Å². The molecule has 0 saturated heterocycles. The first-order chi connectivity index (χ1) is 38.0. The van der Waals surface area contributed by atoms with Gasteiger partial charge in [-0.2, -0.15) is 0 Å². The van der Waals surface area contributed by atoms with Gasteiger partial charge in [-0.25, -0.2) is 4.57 Å². The standard InChI is InChI=1S/C68H118NO8P/c1-6-8-10-12-14-16-18-20-22-24-26-28-30-32-33-34-35-37-39-41-43-45-47-49-51-53-55-57-59-61-68(71)77-66(65-76-78(72,73)75-63-62-69(3,4)5)64-74-67(70)60-58-56-54-52-50-48-46-44-42-40-38-36-31-29-27-25-23-21-19-17-15-13-11-9-7-2/h8,10,14,16,20,22,25-28,32-33,35,37,41,43,47,49,66H,6-7,9,11-13,15,17-19,21,23-24,29-31,34,36,38-40,42,44-46,48,50-65H2,1-5H3/p+1/b10-8-,16-14-,22-20-,27-25-,28-26-,33-32-,37-35-,43-41-,49-47-. The van der Waals surface area contributed by atoms with E-state index in [1.165, 1.54) is 128 Å². The third-order valence-electron chi connectivity index (χ3n) is 13.3. The van der Waals surface area contributed by atoms with Gasteiger partial charge in [-0.05, 0) is 103 Å². The molecule has 0 saturated carbocycles. The summed E-state index contributed by atoms with van der Waals surface area (Å²) >= 11 is 0. The Bertz CT molecular complexity index is 1680. The molecular formula is C68H119NO8P+. The molecule has 0 aliphatic heterocycles. The largest absolute Gasteiger partial charge is 0.472 e. The van der Waals surface area contributed by atoms with E-state index in [1.54, 1.807) is 0 Å². The van der Waals surface area contributed by atoms with Crippen molar-refractivity contribution in [2.45, 2.75) is 264 Å². The molecule has 0 aromatic heterocycles. The first kappa shape index (κ1) is 74.7. The summed E-state index contributed by atoms with van der Waals surface area (Å²) in [5.41, 5.74) is 0. The van der Waals surface area contributed by atoms with Crippen LogP contribution in [0.5, 0.6) is 0 Å². The molecule has 0 spiro atoms. The van der Waals surface area contributed by atoms with E-state index in [4.69, 9.17) is 18.5 Å². The number of quaternary nitrogens is 1. The van der Waals surface area contributed by atoms with E-state index < -0.39 is 26.5 Å². The summed E-state index contributed by atoms with van der Waals surface area (Å²) in [6.45, 7) is 4.30. The summed E-state index contributed by atoms with van der Waals surface area (Å²) in [5.74, 6) is -0.828. The zero-order valence-electron chi connectivity index (χ0n) is 50.9. The number of likely N-dealkylation sites (N-methyl/N-ethyl adjacent to an activating group) is 1. The van der Waals surface area contributed by atoms with Gasteiger partial charge >= 0.3 is 19.8 Å². The number of nitrogens with zero attached hydrogens (tertiary/aromatic N) is 1. The van der Waals surface area contributed by atoms with E-state index in [-0.39, 0.29) is 32.0 Å². The van der Waals surface area contributed by atoms with E-state index >= 15 is 0 Å². The van der Waals surface area contributed by atoms with Crippen molar-refractivity contribution >= 4 is 19.8 Å². The fourth-order valence-corrected chi connectivity index (χ4v) is 9.18. The third kappa shape index (κ3) is 61.9. The highest BCUT2D eigenvalue weighted by atomic mass is 31.2. The van der Waals surface area contributed by atoms with Gasteiger partial charge in [0.15, 0.2) is 6.10 Å². The number of phosphoric ester groups is 1. The van der Waals surface area contributed by atoms with Crippen molar-refractivity contribution in [3.05, 3.63) is 109 Å². The summed E-state index contributed by atoms with van der Waals surface area (Å²) in [4.78, 5) is 35.8. The Morgan fingerprint density at radius 3 is 1.10 bits per heavy atom. The minimum Gasteiger partial charge on any atom is -0.462 e. The molecule has 0 rings (SSSR count). The molecule has 9 nitrogen and oxygen atoms in total. The van der Waals surface area contributed by atoms with Crippen molar-refractivity contribution in [3.63, 3.8) is 0 Å². The molecule has 0 radical (unpaired) electrons. The van der Waals surface area contributed by atoms with Crippen molar-refractivity contribution in [1.29, 1.82) is 0 Å². The quantitative estimate of drug-likeness (QED) is 0.0211. The number of rotatable bonds is 57. The minimum absolute atomic E-state index is 0.0212. The molecule has 0 heterocycles. The maximum absolute atomic E-state index is 12.8. The third-order valence-corrected chi connectivity index (χ3v) is 14.3. The van der Waals surface area contributed by atoms with E-state index in [2.05, 4.69) is 123 Å². The van der Waals surface area contributed by atoms with Crippen LogP contribution in [-0.4, -0.2) is 74.9 Å². The SMILES string of the molecule is CC/C=C\C/C=C\C/C=C\C/C=C\C/C=C\C/C=C\C/C=C\C/C=C\CCCCCCC(=O)OC(COC(=O)CCCCCCCCCCCCCCC/C=C\CCCCCCCCCC)COP(=O)(O)OCC[N+](C)(C)C. The van der Waals surface area contributed by atoms with Crippen molar-refractivity contribution in [3.8, 4) is 0 Å². The zero-order chi connectivity index (χ0) is 57.0. The van der Waals surface area contributed by atoms with Crippen molar-refractivity contribution in [1.82, 2.24) is 0 Å². The van der Waals surface area contributed by atoms with Crippen LogP contribution in [-0.2, 0) is 32.7 Å². The van der Waals surface area contributed by atoms with E-state index in [0.29, 0.717) is 17.4 Å². The molecule has 2 unspecified atom stereocenters. The number of carbonyl (C=O) groups is 2. The normalized spacial score (nSPS) is 14.0. The summed E-state index contributed by atoms with van der Waals surface area (Å²) in [5, 5.41) is 0. The van der Waals surface area contributed by atoms with E-state index in [1.807, 2.05) is 21.1 Å². The number of allylic oxidation sites excluding steroid dienone is 18. The lowest BCUT2D eigenvalue weighted by Gasteiger charge is -2.24. The summed E-state index contributed by atoms with van der Waals surface area (Å²) in [6.07, 6.45) is 81.7. The smallest absolute Gasteiger partial charge is 0.462 e. The Morgan fingerprint density at radius 1 is 0.410 bits per heavy atom. The number of ether oxygens (including phenoxy) is 2. The van der Waals surface area contributed by atoms with Crippen LogP contribution in [0.25, 0.3) is 0 Å². The van der Waals surface area contributed by atoms with Gasteiger partial charge in [0.1, 0.15) is 19.8 Å². The highest BCUT2D eigenvalue weighted by Crippen LogP contribution is 2.43. The van der Waals surface area contributed by atoms with Crippen molar-refractivity contribution < 1.29 is 42.1 Å². The second-order valence-corrected chi connectivity index (χ2v) is 23.5. The molecule has 0 fully saturated rings. The Hall–Kier alpha value is -3.33. The number of phosphoric acid groups is 1. The molecule has 0 aliphatic rings. The second kappa shape index (κ2) is 58.3. The second-order valence-electron chi connectivity index (χ2n) is 22.1. The maximum Gasteiger partial charge on any atom is 0.472 e. The average molecular weight is 1110 g/mol. The number of unbranched alkanes of at least 4 members (excludes halogenated alkanes) is 25. The number of hydrogen-bond acceptors (Lipinski definition) is 7. The van der Waals surface area contributed by atoms with Crippen LogP contribution in [0.1, 0.15) is 258 Å². The lowest BCUT2D eigenvalue weighted by atomic mass is 10.0. The van der Waals surface area contributed by atoms with Crippen LogP contribution in [0.15, 0.2) is 109 Å². The van der Waals surface area contributed by atoms with Crippen LogP contribution in [0, 0.1) is 0 Å². The predicted octanol–water partition coefficient (Wildman–Crippen LogP) is 20.2. The van der Waals surface area contributed by atoms with Crippen LogP contribution >= 0.6 is 7.82 Å².